The van der Waals surface area contributed by atoms with Crippen molar-refractivity contribution in [1.82, 2.24) is 10.2 Å². The van der Waals surface area contributed by atoms with E-state index in [4.69, 9.17) is 19.2 Å². The summed E-state index contributed by atoms with van der Waals surface area (Å²) in [5.74, 6) is 2.52. The van der Waals surface area contributed by atoms with Gasteiger partial charge in [0.05, 0.1) is 25.5 Å². The topological polar surface area (TPSA) is 58.6 Å². The van der Waals surface area contributed by atoms with Crippen molar-refractivity contribution in [3.05, 3.63) is 24.3 Å². The van der Waals surface area contributed by atoms with Crippen molar-refractivity contribution in [2.45, 2.75) is 38.4 Å². The second-order valence-electron chi connectivity index (χ2n) is 8.37. The average Bonchev–Trinajstić information content (AvgIpc) is 3.49. The Hall–Kier alpha value is -1.99. The van der Waals surface area contributed by atoms with Gasteiger partial charge in [-0.3, -0.25) is 4.99 Å². The Morgan fingerprint density at radius 3 is 2.80 bits per heavy atom. The van der Waals surface area contributed by atoms with E-state index in [1.54, 1.807) is 7.11 Å². The fraction of sp³-hybridized carbons (Fsp3) is 0.696. The van der Waals surface area contributed by atoms with E-state index in [0.29, 0.717) is 5.92 Å². The first-order valence-electron chi connectivity index (χ1n) is 11.4. The van der Waals surface area contributed by atoms with Crippen molar-refractivity contribution in [2.75, 3.05) is 64.5 Å². The van der Waals surface area contributed by atoms with E-state index < -0.39 is 0 Å². The van der Waals surface area contributed by atoms with Crippen LogP contribution in [0.2, 0.25) is 0 Å². The molecule has 3 aliphatic rings. The van der Waals surface area contributed by atoms with Crippen molar-refractivity contribution in [2.24, 2.45) is 10.9 Å². The molecule has 1 aromatic carbocycles. The standard InChI is InChI=1S/C23H36N4O3/c1-3-24-23(27-12-14-30-22(17-27)21-9-6-13-29-21)25-15-18-10-11-26(16-18)19-7-4-5-8-20(19)28-2/h4-5,7-8,18,21-22H,3,6,9-17H2,1-2H3,(H,24,25). The van der Waals surface area contributed by atoms with Crippen LogP contribution in [0.4, 0.5) is 5.69 Å². The zero-order chi connectivity index (χ0) is 20.8. The van der Waals surface area contributed by atoms with Crippen LogP contribution in [0.3, 0.4) is 0 Å². The van der Waals surface area contributed by atoms with E-state index in [0.717, 1.165) is 83.5 Å². The Morgan fingerprint density at radius 2 is 2.00 bits per heavy atom. The van der Waals surface area contributed by atoms with Gasteiger partial charge in [0.25, 0.3) is 0 Å². The Kier molecular flexibility index (Phi) is 7.33. The predicted octanol–water partition coefficient (Wildman–Crippen LogP) is 2.37. The molecule has 0 aromatic heterocycles. The monoisotopic (exact) mass is 416 g/mol. The average molecular weight is 417 g/mol. The third-order valence-corrected chi connectivity index (χ3v) is 6.32. The van der Waals surface area contributed by atoms with Crippen LogP contribution in [0.5, 0.6) is 5.75 Å². The Morgan fingerprint density at radius 1 is 1.13 bits per heavy atom. The fourth-order valence-corrected chi connectivity index (χ4v) is 4.72. The van der Waals surface area contributed by atoms with E-state index in [2.05, 4.69) is 34.2 Å². The lowest BCUT2D eigenvalue weighted by molar-refractivity contribution is -0.0817. The molecule has 166 valence electrons. The molecule has 0 aliphatic carbocycles. The second kappa shape index (κ2) is 10.4. The van der Waals surface area contributed by atoms with Gasteiger partial charge in [-0.15, -0.1) is 0 Å². The van der Waals surface area contributed by atoms with Crippen molar-refractivity contribution in [3.8, 4) is 5.75 Å². The van der Waals surface area contributed by atoms with Gasteiger partial charge in [0.2, 0.25) is 0 Å². The molecule has 1 aromatic rings. The van der Waals surface area contributed by atoms with Crippen LogP contribution in [0.15, 0.2) is 29.3 Å². The molecule has 0 amide bonds. The highest BCUT2D eigenvalue weighted by atomic mass is 16.5. The quantitative estimate of drug-likeness (QED) is 0.568. The minimum absolute atomic E-state index is 0.151. The minimum Gasteiger partial charge on any atom is -0.495 e. The molecular weight excluding hydrogens is 380 g/mol. The number of nitrogens with one attached hydrogen (secondary N) is 1. The molecule has 3 saturated heterocycles. The summed E-state index contributed by atoms with van der Waals surface area (Å²) in [5, 5.41) is 3.49. The Labute approximate surface area is 180 Å². The molecule has 4 rings (SSSR count). The van der Waals surface area contributed by atoms with Crippen LogP contribution in [0.25, 0.3) is 0 Å². The van der Waals surface area contributed by atoms with Crippen LogP contribution in [0.1, 0.15) is 26.2 Å². The van der Waals surface area contributed by atoms with Gasteiger partial charge >= 0.3 is 0 Å². The summed E-state index contributed by atoms with van der Waals surface area (Å²) in [7, 11) is 1.74. The number of morpholine rings is 1. The molecule has 3 unspecified atom stereocenters. The first kappa shape index (κ1) is 21.2. The summed E-state index contributed by atoms with van der Waals surface area (Å²) in [6.07, 6.45) is 3.79. The number of nitrogens with zero attached hydrogens (tertiary/aromatic N) is 3. The van der Waals surface area contributed by atoms with E-state index >= 15 is 0 Å². The van der Waals surface area contributed by atoms with Gasteiger partial charge in [0.1, 0.15) is 11.9 Å². The van der Waals surface area contributed by atoms with Crippen LogP contribution in [0, 0.1) is 5.92 Å². The number of hydrogen-bond acceptors (Lipinski definition) is 5. The Balaban J connectivity index is 1.36. The molecule has 3 fully saturated rings. The lowest BCUT2D eigenvalue weighted by Crippen LogP contribution is -2.53. The number of rotatable bonds is 6. The summed E-state index contributed by atoms with van der Waals surface area (Å²) in [6, 6.07) is 8.28. The van der Waals surface area contributed by atoms with Gasteiger partial charge in [-0.1, -0.05) is 12.1 Å². The van der Waals surface area contributed by atoms with Crippen LogP contribution in [-0.2, 0) is 9.47 Å². The number of aliphatic imine (C=N–C) groups is 1. The van der Waals surface area contributed by atoms with Gasteiger partial charge in [0, 0.05) is 45.9 Å². The van der Waals surface area contributed by atoms with E-state index in [1.165, 1.54) is 5.69 Å². The number of anilines is 1. The smallest absolute Gasteiger partial charge is 0.194 e. The molecule has 30 heavy (non-hydrogen) atoms. The zero-order valence-electron chi connectivity index (χ0n) is 18.4. The number of guanidine groups is 1. The van der Waals surface area contributed by atoms with E-state index in [1.807, 2.05) is 12.1 Å². The normalized spacial score (nSPS) is 27.5. The molecule has 7 nitrogen and oxygen atoms in total. The Bertz CT molecular complexity index is 707. The minimum atomic E-state index is 0.151. The van der Waals surface area contributed by atoms with Crippen molar-refractivity contribution in [1.29, 1.82) is 0 Å². The van der Waals surface area contributed by atoms with Crippen molar-refractivity contribution < 1.29 is 14.2 Å². The number of para-hydroxylation sites is 2. The summed E-state index contributed by atoms with van der Waals surface area (Å²) in [6.45, 7) is 9.26. The largest absolute Gasteiger partial charge is 0.495 e. The molecular formula is C23H36N4O3. The lowest BCUT2D eigenvalue weighted by atomic mass is 10.1. The molecule has 7 heteroatoms. The summed E-state index contributed by atoms with van der Waals surface area (Å²) < 4.78 is 17.4. The second-order valence-corrected chi connectivity index (χ2v) is 8.37. The van der Waals surface area contributed by atoms with E-state index in [-0.39, 0.29) is 12.2 Å². The molecule has 0 saturated carbocycles. The third kappa shape index (κ3) is 5.01. The SMILES string of the molecule is CCNC(=NCC1CCN(c2ccccc2OC)C1)N1CCOC(C2CCCO2)C1. The lowest BCUT2D eigenvalue weighted by Gasteiger charge is -2.37. The predicted molar refractivity (Wildman–Crippen MR) is 120 cm³/mol. The van der Waals surface area contributed by atoms with E-state index in [9.17, 15) is 0 Å². The molecule has 0 spiro atoms. The number of ether oxygens (including phenoxy) is 3. The molecule has 3 atom stereocenters. The van der Waals surface area contributed by atoms with Crippen LogP contribution >= 0.6 is 0 Å². The highest BCUT2D eigenvalue weighted by Crippen LogP contribution is 2.32. The van der Waals surface area contributed by atoms with Gasteiger partial charge in [-0.05, 0) is 44.2 Å². The molecule has 3 aliphatic heterocycles. The van der Waals surface area contributed by atoms with Crippen molar-refractivity contribution in [3.63, 3.8) is 0 Å². The van der Waals surface area contributed by atoms with Gasteiger partial charge in [-0.25, -0.2) is 0 Å². The first-order valence-corrected chi connectivity index (χ1v) is 11.4. The summed E-state index contributed by atoms with van der Waals surface area (Å²) in [5.41, 5.74) is 1.19. The van der Waals surface area contributed by atoms with Crippen LogP contribution in [-0.4, -0.2) is 82.7 Å². The number of methoxy groups -OCH3 is 1. The van der Waals surface area contributed by atoms with Gasteiger partial charge in [-0.2, -0.15) is 0 Å². The van der Waals surface area contributed by atoms with Crippen molar-refractivity contribution >= 4 is 11.6 Å². The van der Waals surface area contributed by atoms with Crippen LogP contribution < -0.4 is 15.0 Å². The maximum atomic E-state index is 6.02. The third-order valence-electron chi connectivity index (χ3n) is 6.32. The van der Waals surface area contributed by atoms with Gasteiger partial charge in [0.15, 0.2) is 5.96 Å². The molecule has 0 radical (unpaired) electrons. The fourth-order valence-electron chi connectivity index (χ4n) is 4.72. The number of hydrogen-bond donors (Lipinski definition) is 1. The maximum absolute atomic E-state index is 6.02. The molecule has 3 heterocycles. The highest BCUT2D eigenvalue weighted by Gasteiger charge is 2.32. The highest BCUT2D eigenvalue weighted by molar-refractivity contribution is 5.80. The zero-order valence-corrected chi connectivity index (χ0v) is 18.4. The molecule has 1 N–H and O–H groups in total. The number of benzene rings is 1. The maximum Gasteiger partial charge on any atom is 0.194 e. The van der Waals surface area contributed by atoms with Gasteiger partial charge < -0.3 is 29.3 Å². The first-order chi connectivity index (χ1) is 14.8. The summed E-state index contributed by atoms with van der Waals surface area (Å²) in [4.78, 5) is 9.81. The summed E-state index contributed by atoms with van der Waals surface area (Å²) >= 11 is 0. The molecule has 0 bridgehead atoms.